The molecule has 5 heteroatoms. The maximum atomic E-state index is 4.38. The van der Waals surface area contributed by atoms with Gasteiger partial charge >= 0.3 is 0 Å². The zero-order valence-corrected chi connectivity index (χ0v) is 9.26. The van der Waals surface area contributed by atoms with E-state index in [0.29, 0.717) is 10.7 Å². The summed E-state index contributed by atoms with van der Waals surface area (Å²) in [5.74, 6) is 0. The molecule has 2 rings (SSSR count). The average molecular weight is 282 g/mol. The molecular formula is C6H8Br2N3+. The van der Waals surface area contributed by atoms with Crippen molar-refractivity contribution in [2.24, 2.45) is 10.2 Å². The molecule has 1 heterocycles. The predicted octanol–water partition coefficient (Wildman–Crippen LogP) is 2.03. The summed E-state index contributed by atoms with van der Waals surface area (Å²) in [6, 6.07) is 0.609. The highest BCUT2D eigenvalue weighted by molar-refractivity contribution is 9.25. The van der Waals surface area contributed by atoms with Gasteiger partial charge in [-0.1, -0.05) is 4.70 Å². The van der Waals surface area contributed by atoms with Crippen LogP contribution < -0.4 is 0 Å². The van der Waals surface area contributed by atoms with Gasteiger partial charge in [-0.3, -0.25) is 0 Å². The largest absolute Gasteiger partial charge is 0.202 e. The quantitative estimate of drug-likeness (QED) is 0.657. The molecule has 0 aromatic heterocycles. The van der Waals surface area contributed by atoms with Gasteiger partial charge in [0.05, 0.1) is 0 Å². The molecule has 1 aliphatic carbocycles. The molecule has 0 aromatic rings. The highest BCUT2D eigenvalue weighted by Crippen LogP contribution is 2.36. The van der Waals surface area contributed by atoms with E-state index in [1.54, 1.807) is 0 Å². The van der Waals surface area contributed by atoms with E-state index in [2.05, 4.69) is 42.1 Å². The van der Waals surface area contributed by atoms with Gasteiger partial charge in [-0.25, -0.2) is 0 Å². The van der Waals surface area contributed by atoms with Crippen LogP contribution in [-0.4, -0.2) is 27.0 Å². The van der Waals surface area contributed by atoms with Crippen LogP contribution in [0.5, 0.6) is 0 Å². The fourth-order valence-electron chi connectivity index (χ4n) is 1.19. The summed E-state index contributed by atoms with van der Waals surface area (Å²) < 4.78 is 2.13. The lowest BCUT2D eigenvalue weighted by atomic mass is 10.7. The van der Waals surface area contributed by atoms with Crippen LogP contribution >= 0.6 is 31.9 Å². The minimum atomic E-state index is 0.473. The van der Waals surface area contributed by atoms with Crippen LogP contribution in [0.15, 0.2) is 10.2 Å². The van der Waals surface area contributed by atoms with Crippen LogP contribution in [0.4, 0.5) is 0 Å². The zero-order chi connectivity index (χ0) is 8.06. The molecule has 0 saturated heterocycles. The molecule has 0 bridgehead atoms. The van der Waals surface area contributed by atoms with Gasteiger partial charge < -0.3 is 0 Å². The average Bonchev–Trinajstić information content (AvgIpc) is 2.64. The van der Waals surface area contributed by atoms with E-state index < -0.39 is 0 Å². The molecule has 0 amide bonds. The first kappa shape index (κ1) is 7.89. The van der Waals surface area contributed by atoms with Gasteiger partial charge in [-0.05, 0) is 42.1 Å². The summed E-state index contributed by atoms with van der Waals surface area (Å²) >= 11 is 6.66. The summed E-state index contributed by atoms with van der Waals surface area (Å²) in [6.07, 6.45) is 2.48. The van der Waals surface area contributed by atoms with E-state index in [1.807, 2.05) is 7.05 Å². The molecular weight excluding hydrogens is 274 g/mol. The first-order chi connectivity index (χ1) is 5.12. The van der Waals surface area contributed by atoms with Crippen molar-refractivity contribution >= 4 is 41.1 Å². The maximum absolute atomic E-state index is 4.38. The molecule has 11 heavy (non-hydrogen) atoms. The number of nitrogens with zero attached hydrogens (tertiary/aromatic N) is 3. The second kappa shape index (κ2) is 2.37. The van der Waals surface area contributed by atoms with E-state index in [4.69, 9.17) is 0 Å². The van der Waals surface area contributed by atoms with E-state index in [-0.39, 0.29) is 0 Å². The third-order valence-corrected chi connectivity index (χ3v) is 3.59. The fourth-order valence-corrected chi connectivity index (χ4v) is 1.99. The molecule has 3 nitrogen and oxygen atoms in total. The molecule has 0 unspecified atom stereocenters. The molecule has 1 aliphatic heterocycles. The van der Waals surface area contributed by atoms with Crippen molar-refractivity contribution in [1.29, 1.82) is 0 Å². The standard InChI is InChI=1S/C6H8Br2N3/c1-11(4-2-3-4)9-5(7)6(8)10-11/h4H,2-3H2,1H3/q+1. The van der Waals surface area contributed by atoms with Crippen LogP contribution in [0.25, 0.3) is 0 Å². The van der Waals surface area contributed by atoms with E-state index in [1.165, 1.54) is 12.8 Å². The topological polar surface area (TPSA) is 24.7 Å². The van der Waals surface area contributed by atoms with Crippen LogP contribution in [0.1, 0.15) is 12.8 Å². The van der Waals surface area contributed by atoms with E-state index >= 15 is 0 Å². The van der Waals surface area contributed by atoms with Gasteiger partial charge in [0.2, 0.25) is 9.24 Å². The van der Waals surface area contributed by atoms with Crippen molar-refractivity contribution < 1.29 is 4.70 Å². The minimum Gasteiger partial charge on any atom is -0.0754 e. The van der Waals surface area contributed by atoms with Crippen molar-refractivity contribution in [3.8, 4) is 0 Å². The lowest BCUT2D eigenvalue weighted by Gasteiger charge is -2.15. The molecule has 1 fully saturated rings. The molecule has 2 aliphatic rings. The number of halogens is 2. The summed E-state index contributed by atoms with van der Waals surface area (Å²) in [6.45, 7) is 0. The van der Waals surface area contributed by atoms with Gasteiger partial charge in [-0.15, -0.1) is 0 Å². The number of quaternary nitrogens is 1. The van der Waals surface area contributed by atoms with Gasteiger partial charge in [0, 0.05) is 12.8 Å². The molecule has 0 aromatic carbocycles. The van der Waals surface area contributed by atoms with E-state index in [0.717, 1.165) is 9.24 Å². The summed E-state index contributed by atoms with van der Waals surface area (Å²) in [5.41, 5.74) is 0. The molecule has 0 N–H and O–H groups in total. The monoisotopic (exact) mass is 280 g/mol. The summed E-state index contributed by atoms with van der Waals surface area (Å²) in [7, 11) is 2.02. The Kier molecular flexibility index (Phi) is 1.70. The molecule has 0 atom stereocenters. The van der Waals surface area contributed by atoms with Crippen molar-refractivity contribution in [2.45, 2.75) is 18.9 Å². The lowest BCUT2D eigenvalue weighted by Crippen LogP contribution is -2.32. The first-order valence-electron chi connectivity index (χ1n) is 3.50. The Morgan fingerprint density at radius 1 is 1.27 bits per heavy atom. The van der Waals surface area contributed by atoms with Crippen molar-refractivity contribution in [2.75, 3.05) is 7.05 Å². The second-order valence-electron chi connectivity index (χ2n) is 2.99. The number of rotatable bonds is 1. The van der Waals surface area contributed by atoms with Crippen LogP contribution in [-0.2, 0) is 0 Å². The van der Waals surface area contributed by atoms with Gasteiger partial charge in [0.1, 0.15) is 13.1 Å². The van der Waals surface area contributed by atoms with Crippen LogP contribution in [0, 0.1) is 0 Å². The Morgan fingerprint density at radius 2 is 1.73 bits per heavy atom. The Labute approximate surface area is 82.0 Å². The zero-order valence-electron chi connectivity index (χ0n) is 6.09. The maximum Gasteiger partial charge on any atom is 0.202 e. The Balaban J connectivity index is 2.30. The Hall–Kier alpha value is 0.260. The van der Waals surface area contributed by atoms with Gasteiger partial charge in [-0.2, -0.15) is 0 Å². The highest BCUT2D eigenvalue weighted by atomic mass is 79.9. The molecule has 0 spiro atoms. The first-order valence-corrected chi connectivity index (χ1v) is 5.08. The second-order valence-corrected chi connectivity index (χ2v) is 4.49. The summed E-state index contributed by atoms with van der Waals surface area (Å²) in [4.78, 5) is 0. The number of hydrogen-bond donors (Lipinski definition) is 0. The van der Waals surface area contributed by atoms with Crippen LogP contribution in [0.3, 0.4) is 0 Å². The lowest BCUT2D eigenvalue weighted by molar-refractivity contribution is -0.930. The third-order valence-electron chi connectivity index (χ3n) is 1.99. The normalized spacial score (nSPS) is 28.3. The van der Waals surface area contributed by atoms with Crippen LogP contribution in [0.2, 0.25) is 0 Å². The Morgan fingerprint density at radius 3 is 2.09 bits per heavy atom. The molecule has 0 radical (unpaired) electrons. The third kappa shape index (κ3) is 1.29. The fraction of sp³-hybridized carbons (Fsp3) is 0.667. The number of hydrogen-bond acceptors (Lipinski definition) is 2. The van der Waals surface area contributed by atoms with Crippen molar-refractivity contribution in [1.82, 2.24) is 0 Å². The summed E-state index contributed by atoms with van der Waals surface area (Å²) in [5, 5.41) is 8.77. The highest BCUT2D eigenvalue weighted by Gasteiger charge is 2.46. The van der Waals surface area contributed by atoms with E-state index in [9.17, 15) is 0 Å². The smallest absolute Gasteiger partial charge is 0.0754 e. The Bertz CT molecular complexity index is 237. The van der Waals surface area contributed by atoms with Gasteiger partial charge in [0.15, 0.2) is 0 Å². The molecule has 60 valence electrons. The van der Waals surface area contributed by atoms with Crippen molar-refractivity contribution in [3.05, 3.63) is 0 Å². The predicted molar refractivity (Wildman–Crippen MR) is 51.9 cm³/mol. The van der Waals surface area contributed by atoms with Gasteiger partial charge in [0.25, 0.3) is 0 Å². The SMILES string of the molecule is C[N+]1(C2CC2)N=C(Br)C(Br)=N1. The van der Waals surface area contributed by atoms with Crippen molar-refractivity contribution in [3.63, 3.8) is 0 Å². The minimum absolute atomic E-state index is 0.473. The molecule has 1 saturated carbocycles.